The Morgan fingerprint density at radius 1 is 1.29 bits per heavy atom. The van der Waals surface area contributed by atoms with Crippen LogP contribution in [0.3, 0.4) is 0 Å². The molecule has 0 amide bonds. The molecule has 2 aromatic rings. The van der Waals surface area contributed by atoms with Gasteiger partial charge in [0.2, 0.25) is 0 Å². The van der Waals surface area contributed by atoms with Crippen LogP contribution in [0.4, 0.5) is 5.82 Å². The fourth-order valence-electron chi connectivity index (χ4n) is 1.84. The van der Waals surface area contributed by atoms with Crippen LogP contribution in [0, 0.1) is 0 Å². The van der Waals surface area contributed by atoms with Crippen molar-refractivity contribution >= 4 is 16.7 Å². The topological polar surface area (TPSA) is 24.9 Å². The van der Waals surface area contributed by atoms with Gasteiger partial charge >= 0.3 is 0 Å². The van der Waals surface area contributed by atoms with E-state index in [4.69, 9.17) is 0 Å². The summed E-state index contributed by atoms with van der Waals surface area (Å²) in [6.07, 6.45) is 0.896. The Kier molecular flexibility index (Phi) is 1.39. The lowest BCUT2D eigenvalue weighted by molar-refractivity contribution is 1.26. The van der Waals surface area contributed by atoms with Crippen molar-refractivity contribution in [1.29, 1.82) is 0 Å². The van der Waals surface area contributed by atoms with Gasteiger partial charge in [-0.2, -0.15) is 0 Å². The molecule has 0 atom stereocenters. The summed E-state index contributed by atoms with van der Waals surface area (Å²) in [7, 11) is 0. The first kappa shape index (κ1) is 7.56. The summed E-state index contributed by atoms with van der Waals surface area (Å²) in [6.45, 7) is 3.91. The highest BCUT2D eigenvalue weighted by Crippen LogP contribution is 2.28. The molecule has 2 heterocycles. The molecule has 0 bridgehead atoms. The molecule has 0 radical (unpaired) electrons. The van der Waals surface area contributed by atoms with Gasteiger partial charge in [0.25, 0.3) is 0 Å². The first-order chi connectivity index (χ1) is 6.83. The SMILES string of the molecule is C=C1Cc2cc3ccccc3nc2N1. The number of para-hydroxylation sites is 1. The van der Waals surface area contributed by atoms with Crippen LogP contribution in [-0.2, 0) is 6.42 Å². The van der Waals surface area contributed by atoms with Crippen LogP contribution in [0.1, 0.15) is 5.56 Å². The third kappa shape index (κ3) is 1.01. The Hall–Kier alpha value is -1.83. The molecule has 0 fully saturated rings. The van der Waals surface area contributed by atoms with E-state index >= 15 is 0 Å². The number of anilines is 1. The number of allylic oxidation sites excluding steroid dienone is 1. The van der Waals surface area contributed by atoms with Gasteiger partial charge in [-0.15, -0.1) is 0 Å². The maximum atomic E-state index is 4.53. The molecule has 68 valence electrons. The summed E-state index contributed by atoms with van der Waals surface area (Å²) >= 11 is 0. The van der Waals surface area contributed by atoms with Gasteiger partial charge in [-0.3, -0.25) is 0 Å². The minimum absolute atomic E-state index is 0.896. The summed E-state index contributed by atoms with van der Waals surface area (Å²) < 4.78 is 0. The molecule has 1 N–H and O–H groups in total. The summed E-state index contributed by atoms with van der Waals surface area (Å²) in [5.74, 6) is 0.966. The average Bonchev–Trinajstić information content (AvgIpc) is 2.53. The van der Waals surface area contributed by atoms with Gasteiger partial charge in [0.1, 0.15) is 5.82 Å². The Bertz CT molecular complexity index is 482. The fourth-order valence-corrected chi connectivity index (χ4v) is 1.84. The van der Waals surface area contributed by atoms with Gasteiger partial charge in [-0.05, 0) is 12.1 Å². The van der Waals surface area contributed by atoms with Gasteiger partial charge in [-0.25, -0.2) is 4.98 Å². The smallest absolute Gasteiger partial charge is 0.134 e. The van der Waals surface area contributed by atoms with Crippen LogP contribution in [0.5, 0.6) is 0 Å². The van der Waals surface area contributed by atoms with Crippen LogP contribution >= 0.6 is 0 Å². The highest BCUT2D eigenvalue weighted by atomic mass is 15.0. The second kappa shape index (κ2) is 2.58. The second-order valence-electron chi connectivity index (χ2n) is 3.59. The molecule has 1 aliphatic heterocycles. The van der Waals surface area contributed by atoms with Crippen molar-refractivity contribution in [3.63, 3.8) is 0 Å². The average molecular weight is 182 g/mol. The van der Waals surface area contributed by atoms with E-state index in [-0.39, 0.29) is 0 Å². The molecule has 1 aliphatic rings. The zero-order valence-corrected chi connectivity index (χ0v) is 7.75. The minimum Gasteiger partial charge on any atom is -0.344 e. The van der Waals surface area contributed by atoms with E-state index < -0.39 is 0 Å². The maximum Gasteiger partial charge on any atom is 0.134 e. The van der Waals surface area contributed by atoms with E-state index in [1.54, 1.807) is 0 Å². The molecule has 0 saturated heterocycles. The van der Waals surface area contributed by atoms with Crippen molar-refractivity contribution < 1.29 is 0 Å². The lowest BCUT2D eigenvalue weighted by Gasteiger charge is -2.01. The number of nitrogens with one attached hydrogen (secondary N) is 1. The quantitative estimate of drug-likeness (QED) is 0.677. The standard InChI is InChI=1S/C12H10N2/c1-8-6-10-7-9-4-2-3-5-11(9)14-12(10)13-8/h2-5,7H,1,6H2,(H,13,14). The second-order valence-corrected chi connectivity index (χ2v) is 3.59. The fraction of sp³-hybridized carbons (Fsp3) is 0.0833. The van der Waals surface area contributed by atoms with Crippen molar-refractivity contribution in [2.75, 3.05) is 5.32 Å². The zero-order valence-electron chi connectivity index (χ0n) is 7.75. The summed E-state index contributed by atoms with van der Waals surface area (Å²) in [5.41, 5.74) is 3.31. The van der Waals surface area contributed by atoms with Gasteiger partial charge in [0.15, 0.2) is 0 Å². The Morgan fingerprint density at radius 3 is 3.07 bits per heavy atom. The summed E-state index contributed by atoms with van der Waals surface area (Å²) in [5, 5.41) is 4.38. The van der Waals surface area contributed by atoms with Crippen LogP contribution in [0.2, 0.25) is 0 Å². The Balaban J connectivity index is 2.31. The van der Waals surface area contributed by atoms with Gasteiger partial charge in [-0.1, -0.05) is 24.8 Å². The Morgan fingerprint density at radius 2 is 2.14 bits per heavy atom. The lowest BCUT2D eigenvalue weighted by atomic mass is 10.1. The highest BCUT2D eigenvalue weighted by molar-refractivity contribution is 5.82. The van der Waals surface area contributed by atoms with E-state index in [1.165, 1.54) is 10.9 Å². The van der Waals surface area contributed by atoms with Crippen LogP contribution in [0.25, 0.3) is 10.9 Å². The van der Waals surface area contributed by atoms with Crippen molar-refractivity contribution in [3.05, 3.63) is 48.2 Å². The number of benzene rings is 1. The molecular formula is C12H10N2. The summed E-state index contributed by atoms with van der Waals surface area (Å²) in [4.78, 5) is 4.53. The molecule has 0 saturated carbocycles. The van der Waals surface area contributed by atoms with Crippen molar-refractivity contribution in [3.8, 4) is 0 Å². The molecule has 2 heteroatoms. The number of hydrogen-bond acceptors (Lipinski definition) is 2. The van der Waals surface area contributed by atoms with Gasteiger partial charge < -0.3 is 5.32 Å². The Labute approximate surface area is 82.3 Å². The van der Waals surface area contributed by atoms with E-state index in [2.05, 4.69) is 29.0 Å². The monoisotopic (exact) mass is 182 g/mol. The van der Waals surface area contributed by atoms with Crippen LogP contribution in [-0.4, -0.2) is 4.98 Å². The van der Waals surface area contributed by atoms with Crippen LogP contribution in [0.15, 0.2) is 42.6 Å². The zero-order chi connectivity index (χ0) is 9.54. The van der Waals surface area contributed by atoms with Crippen LogP contribution < -0.4 is 5.32 Å². The molecular weight excluding hydrogens is 172 g/mol. The third-order valence-corrected chi connectivity index (χ3v) is 2.50. The first-order valence-electron chi connectivity index (χ1n) is 4.66. The molecule has 2 nitrogen and oxygen atoms in total. The van der Waals surface area contributed by atoms with E-state index in [1.807, 2.05) is 18.2 Å². The maximum absolute atomic E-state index is 4.53. The van der Waals surface area contributed by atoms with Gasteiger partial charge in [0.05, 0.1) is 5.52 Å². The number of fused-ring (bicyclic) bond motifs is 2. The highest BCUT2D eigenvalue weighted by Gasteiger charge is 2.14. The number of rotatable bonds is 0. The predicted molar refractivity (Wildman–Crippen MR) is 58.2 cm³/mol. The largest absolute Gasteiger partial charge is 0.344 e. The van der Waals surface area contributed by atoms with Crippen molar-refractivity contribution in [1.82, 2.24) is 4.98 Å². The molecule has 14 heavy (non-hydrogen) atoms. The minimum atomic E-state index is 0.896. The van der Waals surface area contributed by atoms with E-state index in [9.17, 15) is 0 Å². The molecule has 1 aromatic carbocycles. The number of aromatic nitrogens is 1. The number of pyridine rings is 1. The van der Waals surface area contributed by atoms with E-state index in [0.717, 1.165) is 23.5 Å². The third-order valence-electron chi connectivity index (χ3n) is 2.50. The molecule has 0 unspecified atom stereocenters. The lowest BCUT2D eigenvalue weighted by Crippen LogP contribution is -1.90. The summed E-state index contributed by atoms with van der Waals surface area (Å²) in [6, 6.07) is 10.3. The molecule has 0 aliphatic carbocycles. The molecule has 3 rings (SSSR count). The number of nitrogens with zero attached hydrogens (tertiary/aromatic N) is 1. The van der Waals surface area contributed by atoms with Gasteiger partial charge in [0, 0.05) is 23.1 Å². The first-order valence-corrected chi connectivity index (χ1v) is 4.66. The van der Waals surface area contributed by atoms with Crippen molar-refractivity contribution in [2.45, 2.75) is 6.42 Å². The van der Waals surface area contributed by atoms with E-state index in [0.29, 0.717) is 0 Å². The van der Waals surface area contributed by atoms with Crippen molar-refractivity contribution in [2.24, 2.45) is 0 Å². The predicted octanol–water partition coefficient (Wildman–Crippen LogP) is 2.72. The molecule has 0 spiro atoms. The molecule has 1 aromatic heterocycles. The normalized spacial score (nSPS) is 14.1. The number of hydrogen-bond donors (Lipinski definition) is 1.